The van der Waals surface area contributed by atoms with E-state index in [1.807, 2.05) is 54.1 Å². The van der Waals surface area contributed by atoms with E-state index in [1.54, 1.807) is 41.8 Å². The van der Waals surface area contributed by atoms with Gasteiger partial charge in [0.15, 0.2) is 11.2 Å². The fourth-order valence-electron chi connectivity index (χ4n) is 3.95. The summed E-state index contributed by atoms with van der Waals surface area (Å²) in [4.78, 5) is 30.9. The van der Waals surface area contributed by atoms with Gasteiger partial charge in [-0.1, -0.05) is 42.5 Å². The number of benzene rings is 2. The second-order valence-electron chi connectivity index (χ2n) is 7.65. The zero-order valence-electron chi connectivity index (χ0n) is 17.6. The van der Waals surface area contributed by atoms with Crippen LogP contribution in [0.25, 0.3) is 28.7 Å². The van der Waals surface area contributed by atoms with E-state index in [-0.39, 0.29) is 12.3 Å². The van der Waals surface area contributed by atoms with Gasteiger partial charge in [0.2, 0.25) is 5.78 Å². The second-order valence-corrected chi connectivity index (χ2v) is 7.65. The Morgan fingerprint density at radius 1 is 1.03 bits per heavy atom. The number of rotatable bonds is 4. The predicted octanol–water partition coefficient (Wildman–Crippen LogP) is 2.87. The molecule has 5 rings (SSSR count). The van der Waals surface area contributed by atoms with E-state index in [9.17, 15) is 14.7 Å². The highest BCUT2D eigenvalue weighted by atomic mass is 16.3. The number of aryl methyl sites for hydroxylation is 2. The average Bonchev–Trinajstić information content (AvgIpc) is 3.31. The van der Waals surface area contributed by atoms with Gasteiger partial charge in [0, 0.05) is 31.2 Å². The number of imidazole rings is 2. The fourth-order valence-corrected chi connectivity index (χ4v) is 3.95. The van der Waals surface area contributed by atoms with Crippen molar-refractivity contribution >= 4 is 23.0 Å². The van der Waals surface area contributed by atoms with Gasteiger partial charge in [-0.25, -0.2) is 4.79 Å². The largest absolute Gasteiger partial charge is 0.508 e. The molecule has 0 unspecified atom stereocenters. The Bertz CT molecular complexity index is 1600. The van der Waals surface area contributed by atoms with E-state index in [0.29, 0.717) is 16.9 Å². The van der Waals surface area contributed by atoms with Gasteiger partial charge in [0.25, 0.3) is 5.56 Å². The molecule has 0 spiro atoms. The van der Waals surface area contributed by atoms with Crippen molar-refractivity contribution in [2.24, 2.45) is 7.05 Å². The number of hydrogen-bond donors (Lipinski definition) is 1. The molecule has 0 aliphatic rings. The van der Waals surface area contributed by atoms with Gasteiger partial charge < -0.3 is 5.11 Å². The van der Waals surface area contributed by atoms with Gasteiger partial charge in [0.1, 0.15) is 5.75 Å². The van der Waals surface area contributed by atoms with Crippen LogP contribution in [0, 0.1) is 6.92 Å². The summed E-state index contributed by atoms with van der Waals surface area (Å²) in [5.41, 5.74) is 2.50. The third kappa shape index (κ3) is 3.04. The molecule has 5 aromatic rings. The van der Waals surface area contributed by atoms with Gasteiger partial charge in [-0.05, 0) is 36.8 Å². The SMILES string of the molecule is Cc1cn2c3c(=O)n(CC=Cc4ccccc4)c(=O)n(C)c3nc2n1-c1ccc(O)cc1. The van der Waals surface area contributed by atoms with Crippen molar-refractivity contribution in [3.05, 3.63) is 99.0 Å². The number of nitrogens with zero attached hydrogens (tertiary/aromatic N) is 5. The molecule has 0 aliphatic heterocycles. The molecule has 0 saturated carbocycles. The van der Waals surface area contributed by atoms with E-state index >= 15 is 0 Å². The van der Waals surface area contributed by atoms with E-state index in [0.717, 1.165) is 16.9 Å². The summed E-state index contributed by atoms with van der Waals surface area (Å²) in [6.45, 7) is 2.07. The van der Waals surface area contributed by atoms with Crippen molar-refractivity contribution in [1.82, 2.24) is 23.1 Å². The van der Waals surface area contributed by atoms with Crippen LogP contribution in [0.2, 0.25) is 0 Å². The topological polar surface area (TPSA) is 86.5 Å². The molecule has 1 N–H and O–H groups in total. The molecule has 0 amide bonds. The first-order chi connectivity index (χ1) is 15.5. The molecule has 32 heavy (non-hydrogen) atoms. The van der Waals surface area contributed by atoms with Crippen LogP contribution in [-0.2, 0) is 13.6 Å². The lowest BCUT2D eigenvalue weighted by atomic mass is 10.2. The summed E-state index contributed by atoms with van der Waals surface area (Å²) >= 11 is 0. The second kappa shape index (κ2) is 7.42. The molecule has 2 aromatic carbocycles. The third-order valence-electron chi connectivity index (χ3n) is 5.53. The minimum atomic E-state index is -0.422. The highest BCUT2D eigenvalue weighted by molar-refractivity contribution is 5.76. The van der Waals surface area contributed by atoms with E-state index in [4.69, 9.17) is 0 Å². The quantitative estimate of drug-likeness (QED) is 0.478. The maximum Gasteiger partial charge on any atom is 0.332 e. The highest BCUT2D eigenvalue weighted by Crippen LogP contribution is 2.22. The number of allylic oxidation sites excluding steroid dienone is 1. The Labute approximate surface area is 182 Å². The maximum absolute atomic E-state index is 13.3. The summed E-state index contributed by atoms with van der Waals surface area (Å²) in [6.07, 6.45) is 5.51. The molecule has 0 bridgehead atoms. The number of aromatic hydroxyl groups is 1. The standard InChI is InChI=1S/C24H21N5O3/c1-16-15-28-20-21(25-23(28)29(16)18-10-12-19(30)13-11-18)26(2)24(32)27(22(20)31)14-6-9-17-7-4-3-5-8-17/h3-13,15,30H,14H2,1-2H3. The van der Waals surface area contributed by atoms with E-state index in [2.05, 4.69) is 4.98 Å². The van der Waals surface area contributed by atoms with Crippen LogP contribution < -0.4 is 11.2 Å². The smallest absolute Gasteiger partial charge is 0.332 e. The minimum Gasteiger partial charge on any atom is -0.508 e. The molecule has 0 radical (unpaired) electrons. The Morgan fingerprint density at radius 2 is 1.75 bits per heavy atom. The maximum atomic E-state index is 13.3. The number of hydrogen-bond acceptors (Lipinski definition) is 4. The summed E-state index contributed by atoms with van der Waals surface area (Å²) in [5.74, 6) is 0.685. The summed E-state index contributed by atoms with van der Waals surface area (Å²) < 4.78 is 6.21. The van der Waals surface area contributed by atoms with Crippen molar-refractivity contribution in [3.8, 4) is 11.4 Å². The summed E-state index contributed by atoms with van der Waals surface area (Å²) in [5, 5.41) is 9.61. The van der Waals surface area contributed by atoms with E-state index in [1.165, 1.54) is 9.13 Å². The predicted molar refractivity (Wildman–Crippen MR) is 123 cm³/mol. The van der Waals surface area contributed by atoms with Gasteiger partial charge in [-0.15, -0.1) is 0 Å². The zero-order chi connectivity index (χ0) is 22.4. The monoisotopic (exact) mass is 427 g/mol. The molecule has 3 heterocycles. The molecule has 3 aromatic heterocycles. The van der Waals surface area contributed by atoms with Crippen molar-refractivity contribution in [3.63, 3.8) is 0 Å². The molecule has 8 nitrogen and oxygen atoms in total. The first-order valence-corrected chi connectivity index (χ1v) is 10.2. The number of phenolic OH excluding ortho intramolecular Hbond substituents is 1. The number of phenols is 1. The van der Waals surface area contributed by atoms with Crippen LogP contribution in [0.15, 0.2) is 76.5 Å². The zero-order valence-corrected chi connectivity index (χ0v) is 17.6. The van der Waals surface area contributed by atoms with Crippen LogP contribution >= 0.6 is 0 Å². The normalized spacial score (nSPS) is 11.8. The Balaban J connectivity index is 1.68. The Kier molecular flexibility index (Phi) is 4.55. The molecule has 0 atom stereocenters. The van der Waals surface area contributed by atoms with Crippen molar-refractivity contribution in [2.75, 3.05) is 0 Å². The first-order valence-electron chi connectivity index (χ1n) is 10.2. The minimum absolute atomic E-state index is 0.154. The van der Waals surface area contributed by atoms with Gasteiger partial charge in [-0.2, -0.15) is 4.98 Å². The molecular formula is C24H21N5O3. The van der Waals surface area contributed by atoms with Crippen LogP contribution in [0.5, 0.6) is 5.75 Å². The number of aromatic nitrogens is 5. The molecule has 160 valence electrons. The van der Waals surface area contributed by atoms with E-state index < -0.39 is 11.2 Å². The molecular weight excluding hydrogens is 406 g/mol. The summed E-state index contributed by atoms with van der Waals surface area (Å²) in [7, 11) is 1.62. The van der Waals surface area contributed by atoms with Crippen molar-refractivity contribution < 1.29 is 5.11 Å². The van der Waals surface area contributed by atoms with Crippen LogP contribution in [0.3, 0.4) is 0 Å². The fraction of sp³-hybridized carbons (Fsp3) is 0.125. The lowest BCUT2D eigenvalue weighted by Gasteiger charge is -2.06. The van der Waals surface area contributed by atoms with Crippen LogP contribution in [0.4, 0.5) is 0 Å². The van der Waals surface area contributed by atoms with Gasteiger partial charge in [0.05, 0.1) is 0 Å². The molecule has 8 heteroatoms. The van der Waals surface area contributed by atoms with Gasteiger partial charge in [-0.3, -0.25) is 22.9 Å². The lowest BCUT2D eigenvalue weighted by molar-refractivity contribution is 0.475. The molecule has 0 saturated heterocycles. The van der Waals surface area contributed by atoms with Crippen molar-refractivity contribution in [1.29, 1.82) is 0 Å². The highest BCUT2D eigenvalue weighted by Gasteiger charge is 2.20. The average molecular weight is 427 g/mol. The van der Waals surface area contributed by atoms with Crippen molar-refractivity contribution in [2.45, 2.75) is 13.5 Å². The first kappa shape index (κ1) is 19.6. The lowest BCUT2D eigenvalue weighted by Crippen LogP contribution is -2.39. The molecule has 0 aliphatic carbocycles. The Morgan fingerprint density at radius 3 is 2.47 bits per heavy atom. The van der Waals surface area contributed by atoms with Crippen LogP contribution in [-0.4, -0.2) is 28.2 Å². The number of fused-ring (bicyclic) bond motifs is 3. The van der Waals surface area contributed by atoms with Crippen LogP contribution in [0.1, 0.15) is 11.3 Å². The molecule has 0 fully saturated rings. The summed E-state index contributed by atoms with van der Waals surface area (Å²) in [6, 6.07) is 16.4. The Hall–Kier alpha value is -4.33. The van der Waals surface area contributed by atoms with Gasteiger partial charge >= 0.3 is 5.69 Å². The third-order valence-corrected chi connectivity index (χ3v) is 5.53.